The third kappa shape index (κ3) is 2.79. The Morgan fingerprint density at radius 3 is 2.68 bits per heavy atom. The average Bonchev–Trinajstić information content (AvgIpc) is 2.48. The van der Waals surface area contributed by atoms with E-state index in [-0.39, 0.29) is 0 Å². The van der Waals surface area contributed by atoms with E-state index in [0.717, 1.165) is 18.5 Å². The Labute approximate surface area is 117 Å². The normalized spacial score (nSPS) is 27.1. The summed E-state index contributed by atoms with van der Waals surface area (Å²) in [5, 5.41) is 0. The highest BCUT2D eigenvalue weighted by atomic mass is 15.2. The van der Waals surface area contributed by atoms with Crippen LogP contribution in [-0.4, -0.2) is 19.1 Å². The van der Waals surface area contributed by atoms with Crippen LogP contribution >= 0.6 is 0 Å². The van der Waals surface area contributed by atoms with Gasteiger partial charge in [-0.2, -0.15) is 0 Å². The van der Waals surface area contributed by atoms with Gasteiger partial charge < -0.3 is 10.6 Å². The van der Waals surface area contributed by atoms with Crippen LogP contribution in [-0.2, 0) is 6.42 Å². The van der Waals surface area contributed by atoms with Crippen molar-refractivity contribution in [2.75, 3.05) is 18.0 Å². The van der Waals surface area contributed by atoms with E-state index >= 15 is 0 Å². The first-order chi connectivity index (χ1) is 9.38. The Kier molecular flexibility index (Phi) is 4.07. The molecule has 1 aliphatic heterocycles. The lowest BCUT2D eigenvalue weighted by molar-refractivity contribution is 0.301. The van der Waals surface area contributed by atoms with Crippen LogP contribution in [0.5, 0.6) is 0 Å². The minimum Gasteiger partial charge on any atom is -0.368 e. The Balaban J connectivity index is 1.68. The summed E-state index contributed by atoms with van der Waals surface area (Å²) >= 11 is 0. The van der Waals surface area contributed by atoms with Crippen molar-refractivity contribution < 1.29 is 0 Å². The van der Waals surface area contributed by atoms with Crippen molar-refractivity contribution in [3.05, 3.63) is 29.8 Å². The first kappa shape index (κ1) is 13.0. The van der Waals surface area contributed by atoms with E-state index in [0.29, 0.717) is 0 Å². The summed E-state index contributed by atoms with van der Waals surface area (Å²) < 4.78 is 0. The molecule has 1 aromatic rings. The third-order valence-electron chi connectivity index (χ3n) is 4.98. The molecule has 1 heterocycles. The minimum atomic E-state index is 0.774. The summed E-state index contributed by atoms with van der Waals surface area (Å²) in [4.78, 5) is 2.69. The summed E-state index contributed by atoms with van der Waals surface area (Å²) in [6.45, 7) is 2.12. The van der Waals surface area contributed by atoms with E-state index in [9.17, 15) is 0 Å². The zero-order valence-corrected chi connectivity index (χ0v) is 11.9. The zero-order chi connectivity index (χ0) is 13.1. The second-order valence-corrected chi connectivity index (χ2v) is 6.18. The Morgan fingerprint density at radius 2 is 1.89 bits per heavy atom. The molecule has 0 spiro atoms. The highest BCUT2D eigenvalue weighted by Gasteiger charge is 2.28. The van der Waals surface area contributed by atoms with Gasteiger partial charge in [0.1, 0.15) is 0 Å². The predicted molar refractivity (Wildman–Crippen MR) is 81.5 cm³/mol. The summed E-state index contributed by atoms with van der Waals surface area (Å²) in [6.07, 6.45) is 9.28. The molecule has 0 atom stereocenters. The molecule has 0 saturated heterocycles. The van der Waals surface area contributed by atoms with Gasteiger partial charge in [-0.05, 0) is 69.0 Å². The molecule has 1 fully saturated rings. The molecule has 2 aliphatic rings. The smallest absolute Gasteiger partial charge is 0.0401 e. The summed E-state index contributed by atoms with van der Waals surface area (Å²) in [5.41, 5.74) is 8.75. The van der Waals surface area contributed by atoms with Gasteiger partial charge in [-0.25, -0.2) is 0 Å². The van der Waals surface area contributed by atoms with Crippen LogP contribution in [0.15, 0.2) is 24.3 Å². The monoisotopic (exact) mass is 258 g/mol. The van der Waals surface area contributed by atoms with Gasteiger partial charge in [0, 0.05) is 18.3 Å². The molecule has 1 saturated carbocycles. The van der Waals surface area contributed by atoms with Crippen LogP contribution in [0.1, 0.15) is 44.1 Å². The number of para-hydroxylation sites is 1. The quantitative estimate of drug-likeness (QED) is 0.901. The SMILES string of the molecule is NCCC1CCC(N2CCCc3ccccc32)CC1. The van der Waals surface area contributed by atoms with E-state index < -0.39 is 0 Å². The second kappa shape index (κ2) is 5.96. The molecule has 104 valence electrons. The lowest BCUT2D eigenvalue weighted by atomic mass is 9.82. The molecular weight excluding hydrogens is 232 g/mol. The molecule has 0 aromatic heterocycles. The Morgan fingerprint density at radius 1 is 1.11 bits per heavy atom. The number of fused-ring (bicyclic) bond motifs is 1. The molecule has 2 N–H and O–H groups in total. The van der Waals surface area contributed by atoms with Crippen LogP contribution in [0.3, 0.4) is 0 Å². The fourth-order valence-electron chi connectivity index (χ4n) is 3.92. The van der Waals surface area contributed by atoms with E-state index in [2.05, 4.69) is 29.2 Å². The fourth-order valence-corrected chi connectivity index (χ4v) is 3.92. The summed E-state index contributed by atoms with van der Waals surface area (Å²) in [5.74, 6) is 0.890. The van der Waals surface area contributed by atoms with Gasteiger partial charge in [-0.1, -0.05) is 18.2 Å². The standard InChI is InChI=1S/C17H26N2/c18-12-11-14-7-9-16(10-8-14)19-13-3-5-15-4-1-2-6-17(15)19/h1-2,4,6,14,16H,3,5,7-13,18H2. The molecule has 0 amide bonds. The molecule has 1 aliphatic carbocycles. The molecular formula is C17H26N2. The van der Waals surface area contributed by atoms with Crippen LogP contribution in [0.4, 0.5) is 5.69 Å². The van der Waals surface area contributed by atoms with E-state index in [4.69, 9.17) is 5.73 Å². The molecule has 3 rings (SSSR count). The minimum absolute atomic E-state index is 0.774. The van der Waals surface area contributed by atoms with Crippen LogP contribution in [0.2, 0.25) is 0 Å². The van der Waals surface area contributed by atoms with Crippen LogP contribution in [0.25, 0.3) is 0 Å². The number of aryl methyl sites for hydroxylation is 1. The van der Waals surface area contributed by atoms with Gasteiger partial charge in [0.2, 0.25) is 0 Å². The maximum absolute atomic E-state index is 5.69. The van der Waals surface area contributed by atoms with E-state index in [1.165, 1.54) is 57.2 Å². The third-order valence-corrected chi connectivity index (χ3v) is 4.98. The zero-order valence-electron chi connectivity index (χ0n) is 11.9. The maximum Gasteiger partial charge on any atom is 0.0401 e. The highest BCUT2D eigenvalue weighted by Crippen LogP contribution is 2.35. The first-order valence-electron chi connectivity index (χ1n) is 7.93. The Bertz CT molecular complexity index is 407. The number of anilines is 1. The highest BCUT2D eigenvalue weighted by molar-refractivity contribution is 5.56. The van der Waals surface area contributed by atoms with Crippen molar-refractivity contribution >= 4 is 5.69 Å². The molecule has 2 heteroatoms. The Hall–Kier alpha value is -1.02. The largest absolute Gasteiger partial charge is 0.368 e. The topological polar surface area (TPSA) is 29.3 Å². The number of rotatable bonds is 3. The van der Waals surface area contributed by atoms with Crippen LogP contribution < -0.4 is 10.6 Å². The van der Waals surface area contributed by atoms with E-state index in [1.54, 1.807) is 5.56 Å². The van der Waals surface area contributed by atoms with Crippen LogP contribution in [0, 0.1) is 5.92 Å². The summed E-state index contributed by atoms with van der Waals surface area (Å²) in [7, 11) is 0. The van der Waals surface area contributed by atoms with Crippen molar-refractivity contribution in [2.24, 2.45) is 11.7 Å². The number of hydrogen-bond acceptors (Lipinski definition) is 2. The molecule has 0 bridgehead atoms. The van der Waals surface area contributed by atoms with Crippen molar-refractivity contribution in [3.63, 3.8) is 0 Å². The lowest BCUT2D eigenvalue weighted by Crippen LogP contribution is -2.41. The van der Waals surface area contributed by atoms with Gasteiger partial charge in [0.05, 0.1) is 0 Å². The van der Waals surface area contributed by atoms with Crippen molar-refractivity contribution in [2.45, 2.75) is 51.0 Å². The number of nitrogens with two attached hydrogens (primary N) is 1. The molecule has 1 aromatic carbocycles. The fraction of sp³-hybridized carbons (Fsp3) is 0.647. The summed E-state index contributed by atoms with van der Waals surface area (Å²) in [6, 6.07) is 9.77. The molecule has 0 unspecified atom stereocenters. The van der Waals surface area contributed by atoms with Gasteiger partial charge in [0.15, 0.2) is 0 Å². The number of hydrogen-bond donors (Lipinski definition) is 1. The van der Waals surface area contributed by atoms with E-state index in [1.807, 2.05) is 0 Å². The first-order valence-corrected chi connectivity index (χ1v) is 7.93. The van der Waals surface area contributed by atoms with Crippen molar-refractivity contribution in [1.29, 1.82) is 0 Å². The molecule has 2 nitrogen and oxygen atoms in total. The predicted octanol–water partition coefficient (Wildman–Crippen LogP) is 3.35. The van der Waals surface area contributed by atoms with Crippen molar-refractivity contribution in [3.8, 4) is 0 Å². The maximum atomic E-state index is 5.69. The van der Waals surface area contributed by atoms with Gasteiger partial charge in [-0.15, -0.1) is 0 Å². The van der Waals surface area contributed by atoms with Gasteiger partial charge >= 0.3 is 0 Å². The molecule has 0 radical (unpaired) electrons. The lowest BCUT2D eigenvalue weighted by Gasteiger charge is -2.41. The van der Waals surface area contributed by atoms with Gasteiger partial charge in [-0.3, -0.25) is 0 Å². The number of benzene rings is 1. The average molecular weight is 258 g/mol. The van der Waals surface area contributed by atoms with Crippen molar-refractivity contribution in [1.82, 2.24) is 0 Å². The second-order valence-electron chi connectivity index (χ2n) is 6.18. The van der Waals surface area contributed by atoms with Gasteiger partial charge in [0.25, 0.3) is 0 Å². The molecule has 19 heavy (non-hydrogen) atoms. The number of nitrogens with zero attached hydrogens (tertiary/aromatic N) is 1.